The second-order valence-corrected chi connectivity index (χ2v) is 4.81. The molecule has 1 fully saturated rings. The number of carbonyl (C=O) groups excluding carboxylic acids is 1. The third kappa shape index (κ3) is 3.77. The minimum absolute atomic E-state index is 0.0990. The summed E-state index contributed by atoms with van der Waals surface area (Å²) in [6, 6.07) is 1.39. The van der Waals surface area contributed by atoms with Crippen LogP contribution >= 0.6 is 0 Å². The zero-order valence-corrected chi connectivity index (χ0v) is 11.4. The summed E-state index contributed by atoms with van der Waals surface area (Å²) >= 11 is 0. The lowest BCUT2D eigenvalue weighted by molar-refractivity contribution is -0.389. The lowest BCUT2D eigenvalue weighted by atomic mass is 10.2. The monoisotopic (exact) mass is 282 g/mol. The first kappa shape index (κ1) is 14.4. The molecule has 1 aromatic heterocycles. The third-order valence-electron chi connectivity index (χ3n) is 3.26. The standard InChI is InChI=1S/C12H18N4O4/c1-9-7-11(16(18)19)14-15(9)5-4-12(17)13-8-10-3-2-6-20-10/h7,10H,2-6,8H2,1H3,(H,13,17). The highest BCUT2D eigenvalue weighted by Gasteiger charge is 2.18. The smallest absolute Gasteiger partial charge is 0.376 e. The largest absolute Gasteiger partial charge is 0.390 e. The van der Waals surface area contributed by atoms with E-state index in [4.69, 9.17) is 4.74 Å². The Bertz CT molecular complexity index is 494. The number of amides is 1. The minimum atomic E-state index is -0.541. The number of aromatic nitrogens is 2. The van der Waals surface area contributed by atoms with Gasteiger partial charge in [-0.05, 0) is 24.7 Å². The van der Waals surface area contributed by atoms with Gasteiger partial charge in [-0.3, -0.25) is 4.79 Å². The van der Waals surface area contributed by atoms with Crippen molar-refractivity contribution < 1.29 is 14.5 Å². The molecule has 110 valence electrons. The molecule has 0 radical (unpaired) electrons. The molecule has 2 heterocycles. The molecule has 0 bridgehead atoms. The van der Waals surface area contributed by atoms with Crippen LogP contribution in [0.1, 0.15) is 25.0 Å². The number of hydrogen-bond acceptors (Lipinski definition) is 5. The number of nitrogens with one attached hydrogen (secondary N) is 1. The van der Waals surface area contributed by atoms with Gasteiger partial charge in [-0.25, -0.2) is 0 Å². The van der Waals surface area contributed by atoms with E-state index in [2.05, 4.69) is 10.4 Å². The summed E-state index contributed by atoms with van der Waals surface area (Å²) < 4.78 is 6.88. The molecule has 20 heavy (non-hydrogen) atoms. The number of rotatable bonds is 6. The van der Waals surface area contributed by atoms with Crippen molar-refractivity contribution in [2.24, 2.45) is 0 Å². The quantitative estimate of drug-likeness (QED) is 0.614. The first-order valence-electron chi connectivity index (χ1n) is 6.63. The molecule has 1 atom stereocenters. The second-order valence-electron chi connectivity index (χ2n) is 4.81. The lowest BCUT2D eigenvalue weighted by Gasteiger charge is -2.10. The van der Waals surface area contributed by atoms with Gasteiger partial charge in [-0.2, -0.15) is 4.68 Å². The number of nitrogens with zero attached hydrogens (tertiary/aromatic N) is 3. The average Bonchev–Trinajstić information content (AvgIpc) is 3.03. The first-order valence-corrected chi connectivity index (χ1v) is 6.63. The van der Waals surface area contributed by atoms with Gasteiger partial charge in [0.15, 0.2) is 0 Å². The zero-order valence-electron chi connectivity index (χ0n) is 11.4. The summed E-state index contributed by atoms with van der Waals surface area (Å²) in [7, 11) is 0. The van der Waals surface area contributed by atoms with Crippen LogP contribution in [0.5, 0.6) is 0 Å². The Hall–Kier alpha value is -1.96. The molecule has 8 heteroatoms. The van der Waals surface area contributed by atoms with Gasteiger partial charge in [-0.15, -0.1) is 0 Å². The molecular weight excluding hydrogens is 264 g/mol. The number of aryl methyl sites for hydroxylation is 2. The molecule has 0 aromatic carbocycles. The van der Waals surface area contributed by atoms with E-state index in [9.17, 15) is 14.9 Å². The molecule has 1 N–H and O–H groups in total. The summed E-state index contributed by atoms with van der Waals surface area (Å²) in [5.41, 5.74) is 0.670. The molecular formula is C12H18N4O4. The zero-order chi connectivity index (χ0) is 14.5. The molecule has 1 saturated heterocycles. The van der Waals surface area contributed by atoms with Crippen LogP contribution < -0.4 is 5.32 Å². The highest BCUT2D eigenvalue weighted by Crippen LogP contribution is 2.12. The topological polar surface area (TPSA) is 99.3 Å². The van der Waals surface area contributed by atoms with E-state index in [1.165, 1.54) is 10.7 Å². The number of ether oxygens (including phenoxy) is 1. The fourth-order valence-corrected chi connectivity index (χ4v) is 2.14. The van der Waals surface area contributed by atoms with E-state index in [-0.39, 0.29) is 24.2 Å². The maximum absolute atomic E-state index is 11.7. The number of nitro groups is 1. The van der Waals surface area contributed by atoms with Gasteiger partial charge in [0.1, 0.15) is 0 Å². The van der Waals surface area contributed by atoms with Crippen molar-refractivity contribution in [1.29, 1.82) is 0 Å². The Balaban J connectivity index is 1.76. The van der Waals surface area contributed by atoms with Gasteiger partial charge in [0.2, 0.25) is 5.91 Å². The van der Waals surface area contributed by atoms with Gasteiger partial charge in [-0.1, -0.05) is 0 Å². The van der Waals surface area contributed by atoms with E-state index in [1.54, 1.807) is 6.92 Å². The number of carbonyl (C=O) groups is 1. The van der Waals surface area contributed by atoms with Crippen LogP contribution in [0.15, 0.2) is 6.07 Å². The van der Waals surface area contributed by atoms with Crippen LogP contribution in [0.4, 0.5) is 5.82 Å². The van der Waals surface area contributed by atoms with Crippen LogP contribution in [-0.2, 0) is 16.1 Å². The van der Waals surface area contributed by atoms with E-state index in [0.29, 0.717) is 18.8 Å². The van der Waals surface area contributed by atoms with Crippen LogP contribution in [0.25, 0.3) is 0 Å². The maximum Gasteiger partial charge on any atom is 0.390 e. The summed E-state index contributed by atoms with van der Waals surface area (Å²) in [5, 5.41) is 17.2. The summed E-state index contributed by atoms with van der Waals surface area (Å²) in [4.78, 5) is 21.7. The van der Waals surface area contributed by atoms with Crippen LogP contribution in [0, 0.1) is 17.0 Å². The van der Waals surface area contributed by atoms with Crippen molar-refractivity contribution >= 4 is 11.7 Å². The Morgan fingerprint density at radius 1 is 1.70 bits per heavy atom. The molecule has 2 rings (SSSR count). The Morgan fingerprint density at radius 3 is 3.10 bits per heavy atom. The first-order chi connectivity index (χ1) is 9.56. The third-order valence-corrected chi connectivity index (χ3v) is 3.26. The van der Waals surface area contributed by atoms with Crippen molar-refractivity contribution in [2.45, 2.75) is 38.8 Å². The summed E-state index contributed by atoms with van der Waals surface area (Å²) in [6.07, 6.45) is 2.37. The average molecular weight is 282 g/mol. The predicted octanol–water partition coefficient (Wildman–Crippen LogP) is 0.785. The van der Waals surface area contributed by atoms with Gasteiger partial charge in [0, 0.05) is 19.6 Å². The Labute approximate surface area is 116 Å². The normalized spacial score (nSPS) is 18.1. The molecule has 0 aliphatic carbocycles. The van der Waals surface area contributed by atoms with Gasteiger partial charge in [0.25, 0.3) is 0 Å². The van der Waals surface area contributed by atoms with E-state index in [0.717, 1.165) is 19.4 Å². The predicted molar refractivity (Wildman–Crippen MR) is 70.2 cm³/mol. The van der Waals surface area contributed by atoms with E-state index >= 15 is 0 Å². The fourth-order valence-electron chi connectivity index (χ4n) is 2.14. The van der Waals surface area contributed by atoms with Crippen LogP contribution in [0.3, 0.4) is 0 Å². The van der Waals surface area contributed by atoms with Crippen molar-refractivity contribution in [3.05, 3.63) is 21.9 Å². The highest BCUT2D eigenvalue weighted by molar-refractivity contribution is 5.75. The SMILES string of the molecule is Cc1cc([N+](=O)[O-])nn1CCC(=O)NCC1CCCO1. The molecule has 1 unspecified atom stereocenters. The van der Waals surface area contributed by atoms with Crippen molar-refractivity contribution in [2.75, 3.05) is 13.2 Å². The van der Waals surface area contributed by atoms with E-state index in [1.807, 2.05) is 0 Å². The summed E-state index contributed by atoms with van der Waals surface area (Å²) in [6.45, 7) is 3.34. The summed E-state index contributed by atoms with van der Waals surface area (Å²) in [5.74, 6) is -0.291. The molecule has 1 aliphatic rings. The Kier molecular flexibility index (Phi) is 4.67. The van der Waals surface area contributed by atoms with Crippen molar-refractivity contribution in [1.82, 2.24) is 15.1 Å². The molecule has 1 aromatic rings. The Morgan fingerprint density at radius 2 is 2.50 bits per heavy atom. The van der Waals surface area contributed by atoms with Crippen LogP contribution in [0.2, 0.25) is 0 Å². The number of hydrogen-bond donors (Lipinski definition) is 1. The molecule has 0 saturated carbocycles. The fraction of sp³-hybridized carbons (Fsp3) is 0.667. The molecule has 1 amide bonds. The second kappa shape index (κ2) is 6.47. The minimum Gasteiger partial charge on any atom is -0.376 e. The van der Waals surface area contributed by atoms with Crippen LogP contribution in [-0.4, -0.2) is 39.9 Å². The maximum atomic E-state index is 11.7. The molecule has 1 aliphatic heterocycles. The lowest BCUT2D eigenvalue weighted by Crippen LogP contribution is -2.32. The van der Waals surface area contributed by atoms with E-state index < -0.39 is 4.92 Å². The molecule has 8 nitrogen and oxygen atoms in total. The van der Waals surface area contributed by atoms with Gasteiger partial charge in [0.05, 0.1) is 29.5 Å². The highest BCUT2D eigenvalue weighted by atomic mass is 16.6. The van der Waals surface area contributed by atoms with Gasteiger partial charge < -0.3 is 20.2 Å². The van der Waals surface area contributed by atoms with Crippen molar-refractivity contribution in [3.63, 3.8) is 0 Å². The molecule has 0 spiro atoms. The van der Waals surface area contributed by atoms with Gasteiger partial charge >= 0.3 is 5.82 Å². The van der Waals surface area contributed by atoms with Crippen molar-refractivity contribution in [3.8, 4) is 0 Å².